The number of nitrogens with zero attached hydrogens (tertiary/aromatic N) is 3. The highest BCUT2D eigenvalue weighted by atomic mass is 32.1. The lowest BCUT2D eigenvalue weighted by Crippen LogP contribution is -2.29. The van der Waals surface area contributed by atoms with Crippen molar-refractivity contribution in [1.82, 2.24) is 14.5 Å². The standard InChI is InChI=1S/C19H23N5OS/c20-17-15-11-21-7-6-14(15)12-24(17)16(10-13-4-2-1-3-5-13)18(25)23-19-22-8-9-26-19/h6-9,11-13,16H,1-5,10,20H2,(H,22,23,25). The van der Waals surface area contributed by atoms with Crippen LogP contribution in [-0.4, -0.2) is 20.4 Å². The summed E-state index contributed by atoms with van der Waals surface area (Å²) in [6, 6.07) is 1.59. The van der Waals surface area contributed by atoms with E-state index in [2.05, 4.69) is 15.3 Å². The van der Waals surface area contributed by atoms with Gasteiger partial charge in [0.25, 0.3) is 0 Å². The largest absolute Gasteiger partial charge is 0.385 e. The second kappa shape index (κ2) is 7.45. The molecule has 0 saturated heterocycles. The molecule has 1 saturated carbocycles. The van der Waals surface area contributed by atoms with Crippen LogP contribution in [0.15, 0.2) is 36.2 Å². The Balaban J connectivity index is 1.66. The first kappa shape index (κ1) is 17.0. The molecule has 0 radical (unpaired) electrons. The number of carbonyl (C=O) groups excluding carboxylic acids is 1. The van der Waals surface area contributed by atoms with Crippen molar-refractivity contribution in [3.8, 4) is 0 Å². The topological polar surface area (TPSA) is 85.8 Å². The SMILES string of the molecule is Nc1c2cnccc2cn1C(CC1CCCCC1)C(=O)Nc1nccs1. The highest BCUT2D eigenvalue weighted by Gasteiger charge is 2.28. The van der Waals surface area contributed by atoms with E-state index >= 15 is 0 Å². The lowest BCUT2D eigenvalue weighted by atomic mass is 9.84. The molecule has 0 aromatic carbocycles. The molecular formula is C19H23N5OS. The van der Waals surface area contributed by atoms with Gasteiger partial charge in [0.05, 0.1) is 0 Å². The zero-order chi connectivity index (χ0) is 17.9. The molecule has 26 heavy (non-hydrogen) atoms. The van der Waals surface area contributed by atoms with Crippen LogP contribution in [0.3, 0.4) is 0 Å². The van der Waals surface area contributed by atoms with Crippen LogP contribution in [-0.2, 0) is 4.79 Å². The molecule has 3 aromatic rings. The van der Waals surface area contributed by atoms with Gasteiger partial charge < -0.3 is 15.6 Å². The van der Waals surface area contributed by atoms with Crippen molar-refractivity contribution < 1.29 is 4.79 Å². The Morgan fingerprint density at radius 3 is 2.92 bits per heavy atom. The van der Waals surface area contributed by atoms with E-state index in [0.717, 1.165) is 17.2 Å². The van der Waals surface area contributed by atoms with E-state index in [1.807, 2.05) is 22.2 Å². The molecule has 0 spiro atoms. The van der Waals surface area contributed by atoms with Gasteiger partial charge in [-0.3, -0.25) is 9.78 Å². The summed E-state index contributed by atoms with van der Waals surface area (Å²) in [6.45, 7) is 0. The fourth-order valence-corrected chi connectivity index (χ4v) is 4.44. The van der Waals surface area contributed by atoms with E-state index in [0.29, 0.717) is 16.9 Å². The number of hydrogen-bond donors (Lipinski definition) is 2. The molecule has 136 valence electrons. The molecule has 3 aromatic heterocycles. The van der Waals surface area contributed by atoms with Gasteiger partial charge in [-0.25, -0.2) is 4.98 Å². The van der Waals surface area contributed by atoms with E-state index in [9.17, 15) is 4.79 Å². The summed E-state index contributed by atoms with van der Waals surface area (Å²) < 4.78 is 1.92. The number of nitrogens with one attached hydrogen (secondary N) is 1. The average molecular weight is 369 g/mol. The number of pyridine rings is 1. The van der Waals surface area contributed by atoms with Crippen LogP contribution in [0, 0.1) is 5.92 Å². The zero-order valence-corrected chi connectivity index (χ0v) is 15.4. The number of nitrogens with two attached hydrogens (primary N) is 1. The Labute approximate surface area is 156 Å². The van der Waals surface area contributed by atoms with Crippen LogP contribution in [0.5, 0.6) is 0 Å². The second-order valence-corrected chi connectivity index (χ2v) is 7.86. The third-order valence-electron chi connectivity index (χ3n) is 5.27. The van der Waals surface area contributed by atoms with Gasteiger partial charge in [0, 0.05) is 40.9 Å². The molecule has 1 amide bonds. The Hall–Kier alpha value is -2.41. The van der Waals surface area contributed by atoms with Gasteiger partial charge in [-0.2, -0.15) is 0 Å². The molecule has 1 unspecified atom stereocenters. The minimum atomic E-state index is -0.339. The van der Waals surface area contributed by atoms with Crippen LogP contribution in [0.1, 0.15) is 44.6 Å². The zero-order valence-electron chi connectivity index (χ0n) is 14.6. The minimum Gasteiger partial charge on any atom is -0.385 e. The van der Waals surface area contributed by atoms with Gasteiger partial charge in [0.2, 0.25) is 5.91 Å². The number of fused-ring (bicyclic) bond motifs is 1. The summed E-state index contributed by atoms with van der Waals surface area (Å²) in [5, 5.41) is 7.34. The molecule has 0 bridgehead atoms. The highest BCUT2D eigenvalue weighted by Crippen LogP contribution is 2.35. The number of carbonyl (C=O) groups is 1. The Morgan fingerprint density at radius 2 is 2.19 bits per heavy atom. The number of amides is 1. The van der Waals surface area contributed by atoms with Gasteiger partial charge >= 0.3 is 0 Å². The van der Waals surface area contributed by atoms with Crippen molar-refractivity contribution in [2.24, 2.45) is 5.92 Å². The van der Waals surface area contributed by atoms with Gasteiger partial charge in [0.15, 0.2) is 5.13 Å². The number of nitrogen functional groups attached to an aromatic ring is 1. The van der Waals surface area contributed by atoms with E-state index in [4.69, 9.17) is 5.73 Å². The number of anilines is 2. The van der Waals surface area contributed by atoms with Gasteiger partial charge in [-0.1, -0.05) is 32.1 Å². The Bertz CT molecular complexity index is 883. The first-order chi connectivity index (χ1) is 12.7. The van der Waals surface area contributed by atoms with Crippen LogP contribution in [0.2, 0.25) is 0 Å². The quantitative estimate of drug-likeness (QED) is 0.705. The summed E-state index contributed by atoms with van der Waals surface area (Å²) in [7, 11) is 0. The predicted molar refractivity (Wildman–Crippen MR) is 105 cm³/mol. The molecule has 3 heterocycles. The molecule has 1 aliphatic carbocycles. The first-order valence-electron chi connectivity index (χ1n) is 9.13. The van der Waals surface area contributed by atoms with Crippen molar-refractivity contribution in [2.75, 3.05) is 11.1 Å². The Kier molecular flexibility index (Phi) is 4.88. The molecule has 7 heteroatoms. The molecule has 1 fully saturated rings. The summed E-state index contributed by atoms with van der Waals surface area (Å²) in [6.07, 6.45) is 14.1. The summed E-state index contributed by atoms with van der Waals surface area (Å²) >= 11 is 1.43. The van der Waals surface area contributed by atoms with Crippen LogP contribution in [0.25, 0.3) is 10.8 Å². The smallest absolute Gasteiger partial charge is 0.249 e. The fraction of sp³-hybridized carbons (Fsp3) is 0.421. The van der Waals surface area contributed by atoms with E-state index in [1.54, 1.807) is 18.6 Å². The van der Waals surface area contributed by atoms with Crippen molar-refractivity contribution in [3.63, 3.8) is 0 Å². The molecule has 1 atom stereocenters. The maximum absolute atomic E-state index is 13.1. The highest BCUT2D eigenvalue weighted by molar-refractivity contribution is 7.13. The Morgan fingerprint density at radius 1 is 1.35 bits per heavy atom. The van der Waals surface area contributed by atoms with Crippen molar-refractivity contribution in [3.05, 3.63) is 36.2 Å². The fourth-order valence-electron chi connectivity index (χ4n) is 3.91. The lowest BCUT2D eigenvalue weighted by Gasteiger charge is -2.27. The van der Waals surface area contributed by atoms with Crippen molar-refractivity contribution in [2.45, 2.75) is 44.6 Å². The summed E-state index contributed by atoms with van der Waals surface area (Å²) in [4.78, 5) is 21.4. The predicted octanol–water partition coefficient (Wildman–Crippen LogP) is 4.23. The number of thiazole rings is 1. The summed E-state index contributed by atoms with van der Waals surface area (Å²) in [5.41, 5.74) is 6.39. The van der Waals surface area contributed by atoms with E-state index in [1.165, 1.54) is 43.4 Å². The molecule has 3 N–H and O–H groups in total. The van der Waals surface area contributed by atoms with Gasteiger partial charge in [-0.15, -0.1) is 11.3 Å². The van der Waals surface area contributed by atoms with Gasteiger partial charge in [0.1, 0.15) is 11.9 Å². The summed E-state index contributed by atoms with van der Waals surface area (Å²) in [5.74, 6) is 1.10. The molecule has 0 aliphatic heterocycles. The monoisotopic (exact) mass is 369 g/mol. The average Bonchev–Trinajstić information content (AvgIpc) is 3.29. The van der Waals surface area contributed by atoms with Crippen LogP contribution >= 0.6 is 11.3 Å². The number of hydrogen-bond acceptors (Lipinski definition) is 5. The third kappa shape index (κ3) is 3.44. The second-order valence-electron chi connectivity index (χ2n) is 6.97. The number of aromatic nitrogens is 3. The van der Waals surface area contributed by atoms with Crippen LogP contribution < -0.4 is 11.1 Å². The van der Waals surface area contributed by atoms with Gasteiger partial charge in [-0.05, 0) is 18.4 Å². The van der Waals surface area contributed by atoms with E-state index in [-0.39, 0.29) is 11.9 Å². The van der Waals surface area contributed by atoms with Crippen LogP contribution in [0.4, 0.5) is 10.9 Å². The third-order valence-corrected chi connectivity index (χ3v) is 5.96. The minimum absolute atomic E-state index is 0.0505. The normalized spacial score (nSPS) is 16.6. The maximum Gasteiger partial charge on any atom is 0.249 e. The number of rotatable bonds is 5. The lowest BCUT2D eigenvalue weighted by molar-refractivity contribution is -0.119. The molecule has 4 rings (SSSR count). The molecule has 6 nitrogen and oxygen atoms in total. The maximum atomic E-state index is 13.1. The molecule has 1 aliphatic rings. The van der Waals surface area contributed by atoms with Crippen molar-refractivity contribution >= 4 is 39.0 Å². The van der Waals surface area contributed by atoms with E-state index < -0.39 is 0 Å². The van der Waals surface area contributed by atoms with Crippen molar-refractivity contribution in [1.29, 1.82) is 0 Å². The molecular weight excluding hydrogens is 346 g/mol. The first-order valence-corrected chi connectivity index (χ1v) is 10.0.